The molecule has 0 heterocycles. The van der Waals surface area contributed by atoms with Gasteiger partial charge in [-0.2, -0.15) is 0 Å². The Kier molecular flexibility index (Phi) is 2.27. The SMILES string of the molecule is CC(C)[C@H]1CC[C@]2(C)[C@@H]3CC=C(CO)[C@@H]2[C@H]13. The molecule has 0 radical (unpaired) electrons. The molecule has 0 aromatic heterocycles. The van der Waals surface area contributed by atoms with Crippen molar-refractivity contribution in [2.45, 2.75) is 40.0 Å². The molecule has 4 bridgehead atoms. The molecule has 0 spiro atoms. The maximum atomic E-state index is 9.51. The predicted octanol–water partition coefficient (Wildman–Crippen LogP) is 3.24. The first-order valence-electron chi connectivity index (χ1n) is 6.89. The summed E-state index contributed by atoms with van der Waals surface area (Å²) in [6.07, 6.45) is 6.37. The molecule has 16 heavy (non-hydrogen) atoms. The van der Waals surface area contributed by atoms with Crippen molar-refractivity contribution in [3.63, 3.8) is 0 Å². The lowest BCUT2D eigenvalue weighted by Gasteiger charge is -2.70. The van der Waals surface area contributed by atoms with Gasteiger partial charge in [0.15, 0.2) is 0 Å². The molecular weight excluding hydrogens is 196 g/mol. The topological polar surface area (TPSA) is 20.2 Å². The second-order valence-electron chi connectivity index (χ2n) is 6.79. The molecule has 5 atom stereocenters. The summed E-state index contributed by atoms with van der Waals surface area (Å²) in [4.78, 5) is 0. The molecule has 0 saturated heterocycles. The highest BCUT2D eigenvalue weighted by Crippen LogP contribution is 2.71. The summed E-state index contributed by atoms with van der Waals surface area (Å²) in [5.41, 5.74) is 1.91. The van der Waals surface area contributed by atoms with Gasteiger partial charge in [-0.25, -0.2) is 0 Å². The molecule has 0 amide bonds. The van der Waals surface area contributed by atoms with E-state index in [-0.39, 0.29) is 0 Å². The number of fused-ring (bicyclic) bond motifs is 2. The molecule has 1 heteroatoms. The van der Waals surface area contributed by atoms with Gasteiger partial charge in [0.25, 0.3) is 0 Å². The number of allylic oxidation sites excluding steroid dienone is 1. The van der Waals surface area contributed by atoms with Crippen molar-refractivity contribution in [2.75, 3.05) is 6.61 Å². The van der Waals surface area contributed by atoms with Crippen molar-refractivity contribution in [3.8, 4) is 0 Å². The fourth-order valence-electron chi connectivity index (χ4n) is 5.22. The Balaban J connectivity index is 1.93. The first kappa shape index (κ1) is 10.8. The average molecular weight is 220 g/mol. The van der Waals surface area contributed by atoms with Gasteiger partial charge in [-0.3, -0.25) is 0 Å². The van der Waals surface area contributed by atoms with Gasteiger partial charge in [-0.05, 0) is 59.8 Å². The molecule has 4 rings (SSSR count). The molecule has 3 saturated carbocycles. The fraction of sp³-hybridized carbons (Fsp3) is 0.867. The molecule has 4 aliphatic rings. The van der Waals surface area contributed by atoms with Gasteiger partial charge in [-0.1, -0.05) is 26.8 Å². The predicted molar refractivity (Wildman–Crippen MR) is 65.9 cm³/mol. The zero-order chi connectivity index (χ0) is 11.5. The Morgan fingerprint density at radius 3 is 2.88 bits per heavy atom. The molecule has 0 aromatic carbocycles. The van der Waals surface area contributed by atoms with Crippen LogP contribution in [-0.2, 0) is 0 Å². The van der Waals surface area contributed by atoms with Crippen LogP contribution in [0.15, 0.2) is 11.6 Å². The van der Waals surface area contributed by atoms with Gasteiger partial charge < -0.3 is 5.11 Å². The third-order valence-electron chi connectivity index (χ3n) is 5.99. The van der Waals surface area contributed by atoms with Crippen LogP contribution in [0.3, 0.4) is 0 Å². The minimum absolute atomic E-state index is 0.300. The Labute approximate surface area is 98.9 Å². The third kappa shape index (κ3) is 1.11. The van der Waals surface area contributed by atoms with E-state index in [4.69, 9.17) is 0 Å². The Morgan fingerprint density at radius 1 is 1.50 bits per heavy atom. The molecule has 0 unspecified atom stereocenters. The van der Waals surface area contributed by atoms with Crippen LogP contribution in [0.5, 0.6) is 0 Å². The van der Waals surface area contributed by atoms with E-state index < -0.39 is 0 Å². The molecule has 0 aromatic rings. The Hall–Kier alpha value is -0.300. The van der Waals surface area contributed by atoms with E-state index in [1.807, 2.05) is 0 Å². The summed E-state index contributed by atoms with van der Waals surface area (Å²) in [7, 11) is 0. The lowest BCUT2D eigenvalue weighted by atomic mass is 9.34. The van der Waals surface area contributed by atoms with Crippen molar-refractivity contribution >= 4 is 0 Å². The van der Waals surface area contributed by atoms with Crippen LogP contribution in [0, 0.1) is 35.0 Å². The van der Waals surface area contributed by atoms with E-state index in [9.17, 15) is 5.11 Å². The normalized spacial score (nSPS) is 49.9. The number of hydrogen-bond donors (Lipinski definition) is 1. The van der Waals surface area contributed by atoms with Crippen molar-refractivity contribution in [2.24, 2.45) is 35.0 Å². The lowest BCUT2D eigenvalue weighted by molar-refractivity contribution is -0.183. The molecular formula is C15H24O. The molecule has 1 N–H and O–H groups in total. The summed E-state index contributed by atoms with van der Waals surface area (Å²) in [6.45, 7) is 7.53. The van der Waals surface area contributed by atoms with Gasteiger partial charge in [-0.15, -0.1) is 0 Å². The van der Waals surface area contributed by atoms with Crippen LogP contribution in [-0.4, -0.2) is 11.7 Å². The number of rotatable bonds is 2. The van der Waals surface area contributed by atoms with Gasteiger partial charge in [0.1, 0.15) is 0 Å². The minimum Gasteiger partial charge on any atom is -0.392 e. The third-order valence-corrected chi connectivity index (χ3v) is 5.99. The Morgan fingerprint density at radius 2 is 2.25 bits per heavy atom. The van der Waals surface area contributed by atoms with Crippen molar-refractivity contribution < 1.29 is 5.11 Å². The van der Waals surface area contributed by atoms with Gasteiger partial charge in [0.2, 0.25) is 0 Å². The molecule has 1 nitrogen and oxygen atoms in total. The summed E-state index contributed by atoms with van der Waals surface area (Å²) in [5.74, 6) is 4.27. The number of hydrogen-bond acceptors (Lipinski definition) is 1. The molecule has 3 fully saturated rings. The van der Waals surface area contributed by atoms with E-state index in [2.05, 4.69) is 26.8 Å². The largest absolute Gasteiger partial charge is 0.392 e. The highest BCUT2D eigenvalue weighted by molar-refractivity contribution is 5.29. The first-order valence-corrected chi connectivity index (χ1v) is 6.89. The minimum atomic E-state index is 0.300. The van der Waals surface area contributed by atoms with Gasteiger partial charge in [0.05, 0.1) is 6.61 Å². The summed E-state index contributed by atoms with van der Waals surface area (Å²) in [6, 6.07) is 0. The fourth-order valence-corrected chi connectivity index (χ4v) is 5.22. The van der Waals surface area contributed by atoms with Crippen LogP contribution in [0.2, 0.25) is 0 Å². The van der Waals surface area contributed by atoms with E-state index in [1.165, 1.54) is 24.8 Å². The maximum Gasteiger partial charge on any atom is 0.0644 e. The number of aliphatic hydroxyl groups is 1. The smallest absolute Gasteiger partial charge is 0.0644 e. The van der Waals surface area contributed by atoms with Crippen LogP contribution < -0.4 is 0 Å². The molecule has 4 aliphatic carbocycles. The average Bonchev–Trinajstić information content (AvgIpc) is 2.29. The second kappa shape index (κ2) is 3.35. The van der Waals surface area contributed by atoms with E-state index >= 15 is 0 Å². The first-order chi connectivity index (χ1) is 7.59. The summed E-state index contributed by atoms with van der Waals surface area (Å²) < 4.78 is 0. The standard InChI is InChI=1S/C15H24O/c1-9(2)11-6-7-15(3)12-5-4-10(8-16)14(15)13(11)12/h4,9,11-14,16H,5-8H2,1-3H3/t11-,12-,13-,14-,15-/m1/s1. The van der Waals surface area contributed by atoms with Crippen LogP contribution >= 0.6 is 0 Å². The molecule has 90 valence electrons. The highest BCUT2D eigenvalue weighted by Gasteiger charge is 2.65. The van der Waals surface area contributed by atoms with E-state index in [1.54, 1.807) is 0 Å². The van der Waals surface area contributed by atoms with Crippen LogP contribution in [0.1, 0.15) is 40.0 Å². The Bertz CT molecular complexity index is 330. The molecule has 0 aliphatic heterocycles. The van der Waals surface area contributed by atoms with Crippen LogP contribution in [0.4, 0.5) is 0 Å². The summed E-state index contributed by atoms with van der Waals surface area (Å²) in [5, 5.41) is 9.51. The zero-order valence-electron chi connectivity index (χ0n) is 10.7. The van der Waals surface area contributed by atoms with Crippen molar-refractivity contribution in [1.29, 1.82) is 0 Å². The zero-order valence-corrected chi connectivity index (χ0v) is 10.7. The van der Waals surface area contributed by atoms with E-state index in [0.29, 0.717) is 12.0 Å². The lowest BCUT2D eigenvalue weighted by Crippen LogP contribution is -2.64. The van der Waals surface area contributed by atoms with Gasteiger partial charge >= 0.3 is 0 Å². The monoisotopic (exact) mass is 220 g/mol. The second-order valence-corrected chi connectivity index (χ2v) is 6.79. The highest BCUT2D eigenvalue weighted by atomic mass is 16.3. The van der Waals surface area contributed by atoms with E-state index in [0.717, 1.165) is 29.6 Å². The number of aliphatic hydroxyl groups excluding tert-OH is 1. The quantitative estimate of drug-likeness (QED) is 0.708. The summed E-state index contributed by atoms with van der Waals surface area (Å²) >= 11 is 0. The van der Waals surface area contributed by atoms with Gasteiger partial charge in [0, 0.05) is 0 Å². The maximum absolute atomic E-state index is 9.51. The van der Waals surface area contributed by atoms with Crippen molar-refractivity contribution in [1.82, 2.24) is 0 Å². The van der Waals surface area contributed by atoms with Crippen molar-refractivity contribution in [3.05, 3.63) is 11.6 Å². The van der Waals surface area contributed by atoms with Crippen LogP contribution in [0.25, 0.3) is 0 Å².